The lowest BCUT2D eigenvalue weighted by molar-refractivity contribution is -0.121. The number of nitrogens with one attached hydrogen (secondary N) is 2. The SMILES string of the molecule is CC1(C)Cc2c(-c3cc(NC(=O)C4CCN(Cc5ccc(N6CCC(=O)NC6=O)cc5)CC4)ncc3Cl)cnn2C1. The number of carbonyl (C=O) groups excluding carboxylic acids is 3. The zero-order valence-electron chi connectivity index (χ0n) is 23.3. The van der Waals surface area contributed by atoms with Crippen LogP contribution in [-0.4, -0.2) is 57.1 Å². The van der Waals surface area contributed by atoms with Crippen LogP contribution < -0.4 is 15.5 Å². The maximum Gasteiger partial charge on any atom is 0.328 e. The number of rotatable bonds is 6. The summed E-state index contributed by atoms with van der Waals surface area (Å²) in [6, 6.07) is 9.33. The number of imide groups is 1. The molecule has 0 bridgehead atoms. The second-order valence-electron chi connectivity index (χ2n) is 12.0. The van der Waals surface area contributed by atoms with E-state index >= 15 is 0 Å². The van der Waals surface area contributed by atoms with Gasteiger partial charge in [-0.2, -0.15) is 5.10 Å². The molecule has 0 radical (unpaired) electrons. The van der Waals surface area contributed by atoms with Crippen molar-refractivity contribution in [2.45, 2.75) is 52.6 Å². The topological polar surface area (TPSA) is 112 Å². The highest BCUT2D eigenvalue weighted by molar-refractivity contribution is 6.33. The number of anilines is 2. The van der Waals surface area contributed by atoms with Gasteiger partial charge in [-0.05, 0) is 61.5 Å². The molecule has 3 aliphatic heterocycles. The smallest absolute Gasteiger partial charge is 0.310 e. The lowest BCUT2D eigenvalue weighted by Crippen LogP contribution is -2.49. The van der Waals surface area contributed by atoms with E-state index in [4.69, 9.17) is 11.6 Å². The van der Waals surface area contributed by atoms with Crippen LogP contribution in [0.3, 0.4) is 0 Å². The Balaban J connectivity index is 1.03. The van der Waals surface area contributed by atoms with Crippen LogP contribution in [0.2, 0.25) is 5.02 Å². The molecule has 214 valence electrons. The minimum atomic E-state index is -0.381. The minimum Gasteiger partial charge on any atom is -0.310 e. The van der Waals surface area contributed by atoms with Gasteiger partial charge in [-0.3, -0.25) is 29.4 Å². The molecule has 0 saturated carbocycles. The summed E-state index contributed by atoms with van der Waals surface area (Å²) in [5, 5.41) is 10.5. The number of benzene rings is 1. The summed E-state index contributed by atoms with van der Waals surface area (Å²) < 4.78 is 2.04. The van der Waals surface area contributed by atoms with Crippen molar-refractivity contribution < 1.29 is 14.4 Å². The molecule has 1 aromatic carbocycles. The van der Waals surface area contributed by atoms with E-state index in [1.165, 1.54) is 0 Å². The second-order valence-corrected chi connectivity index (χ2v) is 12.4. The number of urea groups is 1. The number of aromatic nitrogens is 3. The van der Waals surface area contributed by atoms with Gasteiger partial charge in [-0.15, -0.1) is 0 Å². The summed E-state index contributed by atoms with van der Waals surface area (Å²) in [6.45, 7) is 8.12. The molecule has 41 heavy (non-hydrogen) atoms. The van der Waals surface area contributed by atoms with Crippen molar-refractivity contribution in [1.29, 1.82) is 0 Å². The van der Waals surface area contributed by atoms with Crippen molar-refractivity contribution in [3.05, 3.63) is 59.0 Å². The maximum absolute atomic E-state index is 13.1. The molecule has 10 nitrogen and oxygen atoms in total. The van der Waals surface area contributed by atoms with Gasteiger partial charge < -0.3 is 5.32 Å². The first-order valence-electron chi connectivity index (χ1n) is 14.1. The molecule has 6 rings (SSSR count). The van der Waals surface area contributed by atoms with E-state index in [2.05, 4.69) is 39.5 Å². The zero-order valence-corrected chi connectivity index (χ0v) is 24.1. The summed E-state index contributed by atoms with van der Waals surface area (Å²) in [5.41, 5.74) is 5.06. The van der Waals surface area contributed by atoms with Gasteiger partial charge in [0.25, 0.3) is 0 Å². The first-order chi connectivity index (χ1) is 19.6. The van der Waals surface area contributed by atoms with Gasteiger partial charge >= 0.3 is 6.03 Å². The average molecular weight is 576 g/mol. The quantitative estimate of drug-likeness (QED) is 0.448. The van der Waals surface area contributed by atoms with Crippen LogP contribution in [0.4, 0.5) is 16.3 Å². The van der Waals surface area contributed by atoms with Crippen LogP contribution in [0.5, 0.6) is 0 Å². The highest BCUT2D eigenvalue weighted by atomic mass is 35.5. The molecule has 2 aromatic heterocycles. The van der Waals surface area contributed by atoms with E-state index in [1.807, 2.05) is 41.2 Å². The van der Waals surface area contributed by atoms with Crippen molar-refractivity contribution in [3.8, 4) is 11.1 Å². The van der Waals surface area contributed by atoms with Crippen LogP contribution in [0, 0.1) is 11.3 Å². The van der Waals surface area contributed by atoms with Gasteiger partial charge in [0, 0.05) is 60.7 Å². The Labute approximate surface area is 244 Å². The third kappa shape index (κ3) is 5.85. The molecule has 11 heteroatoms. The van der Waals surface area contributed by atoms with Crippen LogP contribution in [0.25, 0.3) is 11.1 Å². The lowest BCUT2D eigenvalue weighted by Gasteiger charge is -2.31. The molecule has 2 fully saturated rings. The highest BCUT2D eigenvalue weighted by Gasteiger charge is 2.32. The first-order valence-corrected chi connectivity index (χ1v) is 14.5. The Morgan fingerprint density at radius 3 is 2.59 bits per heavy atom. The van der Waals surface area contributed by atoms with E-state index in [0.29, 0.717) is 23.8 Å². The van der Waals surface area contributed by atoms with E-state index in [0.717, 1.165) is 73.5 Å². The van der Waals surface area contributed by atoms with E-state index in [9.17, 15) is 14.4 Å². The predicted octanol–water partition coefficient (Wildman–Crippen LogP) is 4.48. The largest absolute Gasteiger partial charge is 0.328 e. The number of likely N-dealkylation sites (tertiary alicyclic amines) is 1. The molecule has 0 unspecified atom stereocenters. The maximum atomic E-state index is 13.1. The van der Waals surface area contributed by atoms with Gasteiger partial charge in [-0.25, -0.2) is 9.78 Å². The third-order valence-electron chi connectivity index (χ3n) is 8.24. The number of nitrogens with zero attached hydrogens (tertiary/aromatic N) is 5. The number of carbonyl (C=O) groups is 3. The summed E-state index contributed by atoms with van der Waals surface area (Å²) in [4.78, 5) is 44.9. The highest BCUT2D eigenvalue weighted by Crippen LogP contribution is 2.39. The summed E-state index contributed by atoms with van der Waals surface area (Å²) >= 11 is 6.54. The molecular formula is C30H34ClN7O3. The van der Waals surface area contributed by atoms with Crippen LogP contribution in [0.1, 0.15) is 44.4 Å². The molecule has 3 aliphatic rings. The van der Waals surface area contributed by atoms with E-state index in [-0.39, 0.29) is 29.2 Å². The molecule has 0 aliphatic carbocycles. The molecular weight excluding hydrogens is 542 g/mol. The Morgan fingerprint density at radius 1 is 1.10 bits per heavy atom. The van der Waals surface area contributed by atoms with Crippen molar-refractivity contribution in [3.63, 3.8) is 0 Å². The molecule has 0 atom stereocenters. The Bertz CT molecular complexity index is 1490. The van der Waals surface area contributed by atoms with Gasteiger partial charge in [-0.1, -0.05) is 37.6 Å². The van der Waals surface area contributed by atoms with Gasteiger partial charge in [0.2, 0.25) is 11.8 Å². The predicted molar refractivity (Wildman–Crippen MR) is 157 cm³/mol. The Kier molecular flexibility index (Phi) is 7.29. The zero-order chi connectivity index (χ0) is 28.7. The monoisotopic (exact) mass is 575 g/mol. The molecule has 2 saturated heterocycles. The van der Waals surface area contributed by atoms with Crippen LogP contribution >= 0.6 is 11.6 Å². The number of fused-ring (bicyclic) bond motifs is 1. The van der Waals surface area contributed by atoms with Gasteiger partial charge in [0.15, 0.2) is 0 Å². The minimum absolute atomic E-state index is 0.0190. The molecule has 5 heterocycles. The summed E-state index contributed by atoms with van der Waals surface area (Å²) in [5.74, 6) is 0.155. The van der Waals surface area contributed by atoms with Crippen molar-refractivity contribution in [1.82, 2.24) is 25.0 Å². The lowest BCUT2D eigenvalue weighted by atomic mass is 9.89. The van der Waals surface area contributed by atoms with Crippen LogP contribution in [-0.2, 0) is 29.1 Å². The number of hydrogen-bond acceptors (Lipinski definition) is 6. The summed E-state index contributed by atoms with van der Waals surface area (Å²) in [6.07, 6.45) is 6.20. The molecule has 0 spiro atoms. The summed E-state index contributed by atoms with van der Waals surface area (Å²) in [7, 11) is 0. The van der Waals surface area contributed by atoms with E-state index < -0.39 is 0 Å². The number of piperidine rings is 1. The van der Waals surface area contributed by atoms with Crippen molar-refractivity contribution in [2.75, 3.05) is 29.9 Å². The fourth-order valence-electron chi connectivity index (χ4n) is 6.02. The van der Waals surface area contributed by atoms with Gasteiger partial charge in [0.1, 0.15) is 5.82 Å². The molecule has 2 N–H and O–H groups in total. The normalized spacial score (nSPS) is 19.2. The standard InChI is InChI=1S/C30H34ClN7O3/c1-30(2)14-25-23(15-33-38(25)18-30)22-13-26(32-16-24(22)31)34-28(40)20-7-10-36(11-8-20)17-19-3-5-21(6-4-19)37-12-9-27(39)35-29(37)41/h3-6,13,15-16,20H,7-12,14,17-18H2,1-2H3,(H,32,34,40)(H,35,39,41). The van der Waals surface area contributed by atoms with Crippen molar-refractivity contribution >= 4 is 41.0 Å². The number of amides is 4. The second kappa shape index (κ2) is 10.9. The fraction of sp³-hybridized carbons (Fsp3) is 0.433. The fourth-order valence-corrected chi connectivity index (χ4v) is 6.22. The Hall–Kier alpha value is -3.76. The Morgan fingerprint density at radius 2 is 1.85 bits per heavy atom. The van der Waals surface area contributed by atoms with Crippen LogP contribution in [0.15, 0.2) is 42.7 Å². The van der Waals surface area contributed by atoms with Gasteiger partial charge in [0.05, 0.1) is 11.2 Å². The van der Waals surface area contributed by atoms with Crippen molar-refractivity contribution in [2.24, 2.45) is 11.3 Å². The molecule has 4 amide bonds. The average Bonchev–Trinajstić information content (AvgIpc) is 3.45. The number of halogens is 1. The molecule has 3 aromatic rings. The van der Waals surface area contributed by atoms with E-state index in [1.54, 1.807) is 11.1 Å². The first kappa shape index (κ1) is 27.4. The number of pyridine rings is 1. The third-order valence-corrected chi connectivity index (χ3v) is 8.54. The number of hydrogen-bond donors (Lipinski definition) is 2.